The number of para-hydroxylation sites is 2. The molecule has 0 spiro atoms. The van der Waals surface area contributed by atoms with E-state index in [0.29, 0.717) is 6.54 Å². The van der Waals surface area contributed by atoms with Gasteiger partial charge in [-0.15, -0.1) is 0 Å². The Hall–Kier alpha value is -2.37. The summed E-state index contributed by atoms with van der Waals surface area (Å²) in [6.45, 7) is 4.47. The number of hydrogen-bond donors (Lipinski definition) is 2. The molecule has 0 saturated carbocycles. The van der Waals surface area contributed by atoms with Crippen LogP contribution in [0.2, 0.25) is 0 Å². The number of benzene rings is 2. The summed E-state index contributed by atoms with van der Waals surface area (Å²) in [4.78, 5) is 14.6. The number of aliphatic hydroxyl groups is 1. The van der Waals surface area contributed by atoms with Crippen LogP contribution in [0.3, 0.4) is 0 Å². The van der Waals surface area contributed by atoms with E-state index in [-0.39, 0.29) is 18.4 Å². The van der Waals surface area contributed by atoms with Gasteiger partial charge in [0.1, 0.15) is 18.5 Å². The van der Waals surface area contributed by atoms with Crippen LogP contribution in [0.25, 0.3) is 0 Å². The quantitative estimate of drug-likeness (QED) is 0.788. The molecule has 1 atom stereocenters. The topological polar surface area (TPSA) is 61.8 Å². The van der Waals surface area contributed by atoms with E-state index < -0.39 is 6.10 Å². The molecular formula is C22H28N2O3. The van der Waals surface area contributed by atoms with Crippen LogP contribution in [0.1, 0.15) is 18.4 Å². The minimum absolute atomic E-state index is 0.0295. The molecule has 0 unspecified atom stereocenters. The second-order valence-corrected chi connectivity index (χ2v) is 7.16. The number of amides is 1. The number of nitrogens with zero attached hydrogens (tertiary/aromatic N) is 1. The van der Waals surface area contributed by atoms with Crippen LogP contribution in [-0.2, 0) is 4.79 Å². The highest BCUT2D eigenvalue weighted by Crippen LogP contribution is 2.20. The van der Waals surface area contributed by atoms with Crippen molar-refractivity contribution in [1.29, 1.82) is 0 Å². The average Bonchev–Trinajstić information content (AvgIpc) is 2.69. The summed E-state index contributed by atoms with van der Waals surface area (Å²) >= 11 is 0. The molecule has 3 rings (SSSR count). The predicted octanol–water partition coefficient (Wildman–Crippen LogP) is 3.09. The van der Waals surface area contributed by atoms with E-state index in [4.69, 9.17) is 4.74 Å². The Bertz CT molecular complexity index is 727. The second-order valence-electron chi connectivity index (χ2n) is 7.16. The van der Waals surface area contributed by atoms with Crippen LogP contribution in [0, 0.1) is 12.8 Å². The molecule has 2 N–H and O–H groups in total. The van der Waals surface area contributed by atoms with E-state index in [0.717, 1.165) is 42.9 Å². The van der Waals surface area contributed by atoms with E-state index in [2.05, 4.69) is 10.2 Å². The molecule has 1 saturated heterocycles. The molecule has 1 aliphatic heterocycles. The van der Waals surface area contributed by atoms with Gasteiger partial charge in [0.05, 0.1) is 0 Å². The van der Waals surface area contributed by atoms with Crippen molar-refractivity contribution in [3.05, 3.63) is 60.2 Å². The van der Waals surface area contributed by atoms with E-state index in [1.807, 2.05) is 61.5 Å². The van der Waals surface area contributed by atoms with E-state index in [1.165, 1.54) is 0 Å². The Morgan fingerprint density at radius 3 is 2.52 bits per heavy atom. The number of hydrogen-bond acceptors (Lipinski definition) is 4. The fourth-order valence-corrected chi connectivity index (χ4v) is 3.40. The van der Waals surface area contributed by atoms with Crippen molar-refractivity contribution >= 4 is 11.6 Å². The second kappa shape index (κ2) is 9.53. The fraction of sp³-hybridized carbons (Fsp3) is 0.409. The number of β-amino-alcohol motifs (C(OH)–C–C–N with tert-alkyl or cyclic N) is 1. The molecule has 0 bridgehead atoms. The summed E-state index contributed by atoms with van der Waals surface area (Å²) in [6, 6.07) is 17.4. The van der Waals surface area contributed by atoms with Gasteiger partial charge in [-0.05, 0) is 56.6 Å². The standard InChI is InChI=1S/C22H28N2O3/c1-17-7-5-6-10-21(17)27-16-20(25)15-24-13-11-18(12-14-24)22(26)23-19-8-3-2-4-9-19/h2-10,18,20,25H,11-16H2,1H3,(H,23,26)/t20-/m1/s1. The van der Waals surface area contributed by atoms with E-state index >= 15 is 0 Å². The van der Waals surface area contributed by atoms with E-state index in [1.54, 1.807) is 0 Å². The van der Waals surface area contributed by atoms with Gasteiger partial charge in [0.15, 0.2) is 0 Å². The average molecular weight is 368 g/mol. The highest BCUT2D eigenvalue weighted by atomic mass is 16.5. The maximum absolute atomic E-state index is 12.4. The Morgan fingerprint density at radius 2 is 1.81 bits per heavy atom. The lowest BCUT2D eigenvalue weighted by atomic mass is 9.95. The highest BCUT2D eigenvalue weighted by Gasteiger charge is 2.26. The number of piperidine rings is 1. The van der Waals surface area contributed by atoms with Gasteiger partial charge in [0.25, 0.3) is 0 Å². The van der Waals surface area contributed by atoms with Crippen molar-refractivity contribution in [2.75, 3.05) is 31.6 Å². The van der Waals surface area contributed by atoms with Gasteiger partial charge in [-0.2, -0.15) is 0 Å². The molecule has 1 aliphatic rings. The molecule has 5 heteroatoms. The summed E-state index contributed by atoms with van der Waals surface area (Å²) < 4.78 is 5.73. The van der Waals surface area contributed by atoms with Crippen molar-refractivity contribution in [2.45, 2.75) is 25.9 Å². The fourth-order valence-electron chi connectivity index (χ4n) is 3.40. The Kier molecular flexibility index (Phi) is 6.85. The van der Waals surface area contributed by atoms with Crippen molar-refractivity contribution in [3.8, 4) is 5.75 Å². The molecular weight excluding hydrogens is 340 g/mol. The number of aliphatic hydroxyl groups excluding tert-OH is 1. The monoisotopic (exact) mass is 368 g/mol. The molecule has 1 amide bonds. The van der Waals surface area contributed by atoms with Gasteiger partial charge in [-0.25, -0.2) is 0 Å². The van der Waals surface area contributed by atoms with E-state index in [9.17, 15) is 9.90 Å². The van der Waals surface area contributed by atoms with Crippen LogP contribution in [0.5, 0.6) is 5.75 Å². The minimum atomic E-state index is -0.542. The smallest absolute Gasteiger partial charge is 0.227 e. The molecule has 0 aromatic heterocycles. The Morgan fingerprint density at radius 1 is 1.15 bits per heavy atom. The first kappa shape index (κ1) is 19.4. The van der Waals surface area contributed by atoms with Crippen LogP contribution >= 0.6 is 0 Å². The normalized spacial score (nSPS) is 16.7. The lowest BCUT2D eigenvalue weighted by molar-refractivity contribution is -0.121. The van der Waals surface area contributed by atoms with Crippen LogP contribution in [0.15, 0.2) is 54.6 Å². The van der Waals surface area contributed by atoms with Gasteiger partial charge in [-0.3, -0.25) is 4.79 Å². The molecule has 27 heavy (non-hydrogen) atoms. The first-order valence-electron chi connectivity index (χ1n) is 9.56. The number of carbonyl (C=O) groups excluding carboxylic acids is 1. The largest absolute Gasteiger partial charge is 0.491 e. The lowest BCUT2D eigenvalue weighted by Gasteiger charge is -2.32. The van der Waals surface area contributed by atoms with Crippen molar-refractivity contribution in [1.82, 2.24) is 4.90 Å². The summed E-state index contributed by atoms with van der Waals surface area (Å²) in [5, 5.41) is 13.3. The third-order valence-corrected chi connectivity index (χ3v) is 4.99. The molecule has 1 heterocycles. The van der Waals surface area contributed by atoms with Gasteiger partial charge in [-0.1, -0.05) is 36.4 Å². The summed E-state index contributed by atoms with van der Waals surface area (Å²) in [7, 11) is 0. The zero-order valence-electron chi connectivity index (χ0n) is 15.8. The van der Waals surface area contributed by atoms with Gasteiger partial charge < -0.3 is 20.1 Å². The van der Waals surface area contributed by atoms with Gasteiger partial charge in [0, 0.05) is 18.2 Å². The molecule has 2 aromatic carbocycles. The summed E-state index contributed by atoms with van der Waals surface area (Å²) in [5.74, 6) is 0.930. The highest BCUT2D eigenvalue weighted by molar-refractivity contribution is 5.92. The predicted molar refractivity (Wildman–Crippen MR) is 107 cm³/mol. The SMILES string of the molecule is Cc1ccccc1OC[C@H](O)CN1CCC(C(=O)Nc2ccccc2)CC1. The third kappa shape index (κ3) is 5.81. The number of likely N-dealkylation sites (tertiary alicyclic amines) is 1. The number of nitrogens with one attached hydrogen (secondary N) is 1. The van der Waals surface area contributed by atoms with Crippen LogP contribution in [0.4, 0.5) is 5.69 Å². The number of anilines is 1. The molecule has 5 nitrogen and oxygen atoms in total. The Balaban J connectivity index is 1.38. The molecule has 0 radical (unpaired) electrons. The number of ether oxygens (including phenoxy) is 1. The van der Waals surface area contributed by atoms with Crippen molar-refractivity contribution in [3.63, 3.8) is 0 Å². The number of carbonyl (C=O) groups is 1. The first-order valence-corrected chi connectivity index (χ1v) is 9.56. The van der Waals surface area contributed by atoms with Crippen molar-refractivity contribution < 1.29 is 14.6 Å². The van der Waals surface area contributed by atoms with Crippen LogP contribution in [-0.4, -0.2) is 48.3 Å². The number of rotatable bonds is 7. The summed E-state index contributed by atoms with van der Waals surface area (Å²) in [6.07, 6.45) is 1.08. The third-order valence-electron chi connectivity index (χ3n) is 4.99. The maximum atomic E-state index is 12.4. The van der Waals surface area contributed by atoms with Gasteiger partial charge >= 0.3 is 0 Å². The van der Waals surface area contributed by atoms with Gasteiger partial charge in [0.2, 0.25) is 5.91 Å². The summed E-state index contributed by atoms with van der Waals surface area (Å²) in [5.41, 5.74) is 1.91. The van der Waals surface area contributed by atoms with Crippen molar-refractivity contribution in [2.24, 2.45) is 5.92 Å². The zero-order valence-corrected chi connectivity index (χ0v) is 15.8. The Labute approximate surface area is 161 Å². The molecule has 144 valence electrons. The minimum Gasteiger partial charge on any atom is -0.491 e. The molecule has 1 fully saturated rings. The van der Waals surface area contributed by atoms with Crippen LogP contribution < -0.4 is 10.1 Å². The maximum Gasteiger partial charge on any atom is 0.227 e. The number of aryl methyl sites for hydroxylation is 1. The first-order chi connectivity index (χ1) is 13.1. The molecule has 2 aromatic rings. The molecule has 0 aliphatic carbocycles. The lowest BCUT2D eigenvalue weighted by Crippen LogP contribution is -2.42. The zero-order chi connectivity index (χ0) is 19.1.